The first-order valence-corrected chi connectivity index (χ1v) is 11.4. The third-order valence-corrected chi connectivity index (χ3v) is 7.00. The summed E-state index contributed by atoms with van der Waals surface area (Å²) in [6.45, 7) is -2.02. The predicted molar refractivity (Wildman–Crippen MR) is 111 cm³/mol. The van der Waals surface area contributed by atoms with Gasteiger partial charge in [-0.15, -0.1) is 0 Å². The first kappa shape index (κ1) is 27.7. The van der Waals surface area contributed by atoms with E-state index in [-0.39, 0.29) is 5.57 Å². The second kappa shape index (κ2) is 10.8. The fraction of sp³-hybridized carbons (Fsp3) is 0.810. The van der Waals surface area contributed by atoms with Gasteiger partial charge in [-0.2, -0.15) is 0 Å². The van der Waals surface area contributed by atoms with Crippen LogP contribution in [0, 0.1) is 5.92 Å². The number of ether oxygens (including phenoxy) is 5. The average molecular weight is 524 g/mol. The normalized spacial score (nSPS) is 50.9. The van der Waals surface area contributed by atoms with Crippen LogP contribution in [0.3, 0.4) is 0 Å². The lowest BCUT2D eigenvalue weighted by atomic mass is 9.82. The molecule has 2 saturated heterocycles. The Morgan fingerprint density at radius 3 is 1.83 bits per heavy atom. The van der Waals surface area contributed by atoms with E-state index in [0.717, 1.165) is 6.26 Å². The Morgan fingerprint density at radius 1 is 0.722 bits per heavy atom. The largest absolute Gasteiger partial charge is 0.472 e. The zero-order valence-electron chi connectivity index (χ0n) is 18.9. The maximum absolute atomic E-state index is 10.9. The first-order chi connectivity index (χ1) is 17.1. The smallest absolute Gasteiger partial charge is 0.211 e. The Labute approximate surface area is 204 Å². The van der Waals surface area contributed by atoms with Crippen LogP contribution in [-0.2, 0) is 23.7 Å². The molecule has 3 heterocycles. The molecule has 36 heavy (non-hydrogen) atoms. The molecule has 10 N–H and O–H groups in total. The highest BCUT2D eigenvalue weighted by molar-refractivity contribution is 5.34. The highest BCUT2D eigenvalue weighted by atomic mass is 16.8. The van der Waals surface area contributed by atoms with E-state index in [9.17, 15) is 51.1 Å². The van der Waals surface area contributed by atoms with Crippen molar-refractivity contribution in [1.29, 1.82) is 0 Å². The molecule has 0 unspecified atom stereocenters. The van der Waals surface area contributed by atoms with Crippen molar-refractivity contribution in [3.05, 3.63) is 24.0 Å². The number of fused-ring (bicyclic) bond motifs is 1. The molecular formula is C21H32O15. The molecule has 2 fully saturated rings. The van der Waals surface area contributed by atoms with Crippen LogP contribution in [0.4, 0.5) is 0 Å². The van der Waals surface area contributed by atoms with Gasteiger partial charge < -0.3 is 74.7 Å². The summed E-state index contributed by atoms with van der Waals surface area (Å²) in [6.07, 6.45) is -15.6. The molecular weight excluding hydrogens is 492 g/mol. The third-order valence-electron chi connectivity index (χ3n) is 7.00. The van der Waals surface area contributed by atoms with Crippen LogP contribution >= 0.6 is 0 Å². The summed E-state index contributed by atoms with van der Waals surface area (Å²) in [5, 5.41) is 101. The minimum Gasteiger partial charge on any atom is -0.472 e. The summed E-state index contributed by atoms with van der Waals surface area (Å²) < 4.78 is 27.9. The van der Waals surface area contributed by atoms with Gasteiger partial charge >= 0.3 is 0 Å². The van der Waals surface area contributed by atoms with E-state index in [1.165, 1.54) is 12.2 Å². The average Bonchev–Trinajstić information content (AvgIpc) is 3.16. The molecule has 0 radical (unpaired) electrons. The number of hydrogen-bond donors (Lipinski definition) is 10. The van der Waals surface area contributed by atoms with Gasteiger partial charge in [0, 0.05) is 0 Å². The van der Waals surface area contributed by atoms with Crippen LogP contribution < -0.4 is 0 Å². The highest BCUT2D eigenvalue weighted by Crippen LogP contribution is 2.47. The molecule has 0 aromatic carbocycles. The van der Waals surface area contributed by atoms with Crippen molar-refractivity contribution >= 4 is 0 Å². The molecule has 3 aliphatic heterocycles. The Kier molecular flexibility index (Phi) is 8.35. The first-order valence-electron chi connectivity index (χ1n) is 11.4. The van der Waals surface area contributed by atoms with E-state index < -0.39 is 105 Å². The highest BCUT2D eigenvalue weighted by Gasteiger charge is 2.60. The van der Waals surface area contributed by atoms with Crippen LogP contribution in [0.15, 0.2) is 24.0 Å². The third kappa shape index (κ3) is 4.59. The van der Waals surface area contributed by atoms with E-state index in [1.807, 2.05) is 0 Å². The van der Waals surface area contributed by atoms with Crippen LogP contribution in [0.2, 0.25) is 0 Å². The topological polar surface area (TPSA) is 248 Å². The van der Waals surface area contributed by atoms with Crippen LogP contribution in [-0.4, -0.2) is 150 Å². The number of aliphatic hydroxyl groups is 10. The Bertz CT molecular complexity index is 819. The summed E-state index contributed by atoms with van der Waals surface area (Å²) in [5.41, 5.74) is -1.67. The van der Waals surface area contributed by atoms with Gasteiger partial charge in [0.2, 0.25) is 6.29 Å². The summed E-state index contributed by atoms with van der Waals surface area (Å²) in [6, 6.07) is 0. The molecule has 4 aliphatic rings. The van der Waals surface area contributed by atoms with Gasteiger partial charge in [0.15, 0.2) is 12.6 Å². The van der Waals surface area contributed by atoms with Crippen molar-refractivity contribution in [2.75, 3.05) is 19.8 Å². The molecule has 0 aromatic rings. The van der Waals surface area contributed by atoms with Gasteiger partial charge in [-0.3, -0.25) is 0 Å². The molecule has 15 nitrogen and oxygen atoms in total. The van der Waals surface area contributed by atoms with Gasteiger partial charge in [0.1, 0.15) is 60.5 Å². The molecule has 0 saturated carbocycles. The zero-order chi connectivity index (χ0) is 26.4. The lowest BCUT2D eigenvalue weighted by Gasteiger charge is -2.48. The SMILES string of the molecule is OCC1=C[C@H](O)[C@@]2(O[C@H]3O[C@@H](CO)[C@H](O)[C@@H](O)[C@@H]3O)C=CO[C@H](O[C@@H]3O[C@H](CO)[C@@H](O)[C@H](O)[C@@H]3O)[C@H]12. The van der Waals surface area contributed by atoms with Crippen molar-refractivity contribution < 1.29 is 74.7 Å². The summed E-state index contributed by atoms with van der Waals surface area (Å²) in [4.78, 5) is 0. The maximum Gasteiger partial charge on any atom is 0.211 e. The van der Waals surface area contributed by atoms with E-state index in [4.69, 9.17) is 23.7 Å². The van der Waals surface area contributed by atoms with Gasteiger partial charge in [-0.05, 0) is 11.6 Å². The number of rotatable bonds is 7. The van der Waals surface area contributed by atoms with Crippen LogP contribution in [0.1, 0.15) is 0 Å². The Morgan fingerprint density at radius 2 is 1.28 bits per heavy atom. The number of aliphatic hydroxyl groups excluding tert-OH is 10. The molecule has 15 heteroatoms. The quantitative estimate of drug-likeness (QED) is 0.139. The van der Waals surface area contributed by atoms with E-state index in [1.54, 1.807) is 0 Å². The fourth-order valence-electron chi connectivity index (χ4n) is 4.92. The molecule has 0 aromatic heterocycles. The summed E-state index contributed by atoms with van der Waals surface area (Å²) in [5.74, 6) is -1.16. The lowest BCUT2D eigenvalue weighted by molar-refractivity contribution is -0.362. The van der Waals surface area contributed by atoms with Crippen LogP contribution in [0.25, 0.3) is 0 Å². The molecule has 0 amide bonds. The van der Waals surface area contributed by atoms with Crippen molar-refractivity contribution in [1.82, 2.24) is 0 Å². The maximum atomic E-state index is 10.9. The summed E-state index contributed by atoms with van der Waals surface area (Å²) >= 11 is 0. The Hall–Kier alpha value is -1.28. The minimum atomic E-state index is -1.83. The van der Waals surface area contributed by atoms with Crippen molar-refractivity contribution in [2.45, 2.75) is 79.4 Å². The van der Waals surface area contributed by atoms with E-state index >= 15 is 0 Å². The molecule has 1 aliphatic carbocycles. The molecule has 0 bridgehead atoms. The standard InChI is InChI=1S/C21H32O15/c22-4-7-3-10(25)21(36-20-17(31)15(29)13(27)9(6-24)34-20)1-2-32-18(11(7)21)35-19-16(30)14(28)12(26)8(5-23)33-19/h1-3,8-20,22-31H,4-6H2/t8-,9+,10+,11+,12-,13+,14+,15-,16+,17+,18-,19+,20-,21+/m1/s1. The zero-order valence-corrected chi connectivity index (χ0v) is 18.9. The van der Waals surface area contributed by atoms with Crippen molar-refractivity contribution in [3.8, 4) is 0 Å². The predicted octanol–water partition coefficient (Wildman–Crippen LogP) is -5.86. The van der Waals surface area contributed by atoms with Crippen molar-refractivity contribution in [3.63, 3.8) is 0 Å². The second-order valence-corrected chi connectivity index (χ2v) is 9.13. The number of hydrogen-bond acceptors (Lipinski definition) is 15. The summed E-state index contributed by atoms with van der Waals surface area (Å²) in [7, 11) is 0. The molecule has 206 valence electrons. The monoisotopic (exact) mass is 524 g/mol. The molecule has 14 atom stereocenters. The van der Waals surface area contributed by atoms with E-state index in [0.29, 0.717) is 0 Å². The second-order valence-electron chi connectivity index (χ2n) is 9.13. The molecule has 0 spiro atoms. The van der Waals surface area contributed by atoms with Crippen LogP contribution in [0.5, 0.6) is 0 Å². The van der Waals surface area contributed by atoms with Gasteiger partial charge in [0.25, 0.3) is 0 Å². The Balaban J connectivity index is 1.60. The van der Waals surface area contributed by atoms with Gasteiger partial charge in [-0.25, -0.2) is 0 Å². The van der Waals surface area contributed by atoms with Crippen molar-refractivity contribution in [2.24, 2.45) is 5.92 Å². The lowest BCUT2D eigenvalue weighted by Crippen LogP contribution is -2.64. The molecule has 4 rings (SSSR count). The fourth-order valence-corrected chi connectivity index (χ4v) is 4.92. The van der Waals surface area contributed by atoms with Gasteiger partial charge in [0.05, 0.1) is 32.0 Å². The van der Waals surface area contributed by atoms with E-state index in [2.05, 4.69) is 0 Å². The minimum absolute atomic E-state index is 0.158. The van der Waals surface area contributed by atoms with Gasteiger partial charge in [-0.1, -0.05) is 6.08 Å².